The highest BCUT2D eigenvalue weighted by atomic mass is 35.5. The number of rotatable bonds is 5. The van der Waals surface area contributed by atoms with Crippen LogP contribution in [0, 0.1) is 11.8 Å². The van der Waals surface area contributed by atoms with Gasteiger partial charge in [-0.2, -0.15) is 0 Å². The zero-order chi connectivity index (χ0) is 24.3. The molecule has 2 aromatic heterocycles. The summed E-state index contributed by atoms with van der Waals surface area (Å²) < 4.78 is 1.95. The molecule has 3 N–H and O–H groups in total. The van der Waals surface area contributed by atoms with Crippen molar-refractivity contribution in [2.24, 2.45) is 18.9 Å². The SMILES string of the molecule is Cn1cc(C(=O)NC[C@@H]2[C@@H]3C[C@@H]3CN2C(=O)c2nc(N)sc2-c2cccc(Cl)c2)c2ccccc21. The van der Waals surface area contributed by atoms with Gasteiger partial charge in [-0.05, 0) is 42.0 Å². The van der Waals surface area contributed by atoms with Gasteiger partial charge in [0.1, 0.15) is 5.69 Å². The van der Waals surface area contributed by atoms with Gasteiger partial charge in [-0.1, -0.05) is 53.3 Å². The number of likely N-dealkylation sites (tertiary alicyclic amines) is 1. The third-order valence-corrected chi connectivity index (χ3v) is 8.28. The van der Waals surface area contributed by atoms with E-state index in [4.69, 9.17) is 17.3 Å². The van der Waals surface area contributed by atoms with Crippen LogP contribution in [0.4, 0.5) is 5.13 Å². The molecule has 3 atom stereocenters. The maximum absolute atomic E-state index is 13.7. The van der Waals surface area contributed by atoms with Gasteiger partial charge < -0.3 is 20.5 Å². The van der Waals surface area contributed by atoms with E-state index in [-0.39, 0.29) is 17.9 Å². The number of fused-ring (bicyclic) bond motifs is 2. The molecular weight excluding hydrogens is 482 g/mol. The number of hydrogen-bond acceptors (Lipinski definition) is 5. The molecule has 6 rings (SSSR count). The number of amides is 2. The molecule has 35 heavy (non-hydrogen) atoms. The summed E-state index contributed by atoms with van der Waals surface area (Å²) in [4.78, 5) is 33.7. The molecule has 0 unspecified atom stereocenters. The number of carbonyl (C=O) groups excluding carboxylic acids is 2. The average molecular weight is 506 g/mol. The van der Waals surface area contributed by atoms with Gasteiger partial charge in [-0.15, -0.1) is 0 Å². The fraction of sp³-hybridized carbons (Fsp3) is 0.269. The van der Waals surface area contributed by atoms with E-state index in [9.17, 15) is 9.59 Å². The molecule has 7 nitrogen and oxygen atoms in total. The fourth-order valence-electron chi connectivity index (χ4n) is 5.32. The molecular formula is C26H24ClN5O2S. The lowest BCUT2D eigenvalue weighted by Gasteiger charge is -2.27. The molecule has 9 heteroatoms. The Hall–Kier alpha value is -3.36. The van der Waals surface area contributed by atoms with Crippen molar-refractivity contribution < 1.29 is 9.59 Å². The van der Waals surface area contributed by atoms with Crippen LogP contribution in [-0.4, -0.2) is 45.4 Å². The Labute approximate surface area is 211 Å². The first-order chi connectivity index (χ1) is 16.9. The maximum Gasteiger partial charge on any atom is 0.274 e. The van der Waals surface area contributed by atoms with Crippen molar-refractivity contribution in [3.63, 3.8) is 0 Å². The second kappa shape index (κ2) is 8.39. The van der Waals surface area contributed by atoms with E-state index >= 15 is 0 Å². The molecule has 2 aliphatic rings. The zero-order valence-corrected chi connectivity index (χ0v) is 20.6. The van der Waals surface area contributed by atoms with Gasteiger partial charge in [0.05, 0.1) is 16.5 Å². The van der Waals surface area contributed by atoms with Crippen LogP contribution in [0.5, 0.6) is 0 Å². The molecule has 1 saturated carbocycles. The van der Waals surface area contributed by atoms with E-state index in [1.165, 1.54) is 11.3 Å². The van der Waals surface area contributed by atoms with E-state index in [0.717, 1.165) is 22.9 Å². The van der Waals surface area contributed by atoms with Crippen LogP contribution in [0.15, 0.2) is 54.7 Å². The maximum atomic E-state index is 13.7. The molecule has 2 fully saturated rings. The first kappa shape index (κ1) is 22.1. The summed E-state index contributed by atoms with van der Waals surface area (Å²) in [5, 5.41) is 4.94. The van der Waals surface area contributed by atoms with Gasteiger partial charge >= 0.3 is 0 Å². The lowest BCUT2D eigenvalue weighted by molar-refractivity contribution is 0.0691. The molecule has 1 aliphatic carbocycles. The van der Waals surface area contributed by atoms with Crippen LogP contribution in [0.3, 0.4) is 0 Å². The molecule has 2 aromatic carbocycles. The summed E-state index contributed by atoms with van der Waals surface area (Å²) in [6.07, 6.45) is 2.94. The third-order valence-electron chi connectivity index (χ3n) is 7.11. The second-order valence-electron chi connectivity index (χ2n) is 9.31. The Bertz CT molecular complexity index is 1480. The summed E-state index contributed by atoms with van der Waals surface area (Å²) in [5.41, 5.74) is 8.83. The van der Waals surface area contributed by atoms with Crippen molar-refractivity contribution in [3.05, 3.63) is 71.0 Å². The van der Waals surface area contributed by atoms with Crippen molar-refractivity contribution >= 4 is 50.8 Å². The van der Waals surface area contributed by atoms with Crippen LogP contribution in [0.25, 0.3) is 21.3 Å². The molecule has 1 saturated heterocycles. The zero-order valence-electron chi connectivity index (χ0n) is 19.1. The normalized spacial score (nSPS) is 20.7. The highest BCUT2D eigenvalue weighted by molar-refractivity contribution is 7.19. The Morgan fingerprint density at radius 1 is 1.23 bits per heavy atom. The monoisotopic (exact) mass is 505 g/mol. The molecule has 4 aromatic rings. The number of aromatic nitrogens is 2. The van der Waals surface area contributed by atoms with Crippen molar-refractivity contribution in [3.8, 4) is 10.4 Å². The number of anilines is 1. The predicted octanol–water partition coefficient (Wildman–Crippen LogP) is 4.43. The van der Waals surface area contributed by atoms with Gasteiger partial charge in [0.25, 0.3) is 11.8 Å². The minimum Gasteiger partial charge on any atom is -0.375 e. The second-order valence-corrected chi connectivity index (χ2v) is 10.8. The van der Waals surface area contributed by atoms with E-state index in [1.54, 1.807) is 6.07 Å². The highest BCUT2D eigenvalue weighted by Gasteiger charge is 2.54. The van der Waals surface area contributed by atoms with Crippen molar-refractivity contribution in [1.82, 2.24) is 19.8 Å². The minimum absolute atomic E-state index is 0.0680. The molecule has 0 bridgehead atoms. The molecule has 2 amide bonds. The van der Waals surface area contributed by atoms with Crippen molar-refractivity contribution in [1.29, 1.82) is 0 Å². The number of nitrogens with two attached hydrogens (primary N) is 1. The van der Waals surface area contributed by atoms with Crippen LogP contribution in [-0.2, 0) is 7.05 Å². The Balaban J connectivity index is 1.23. The number of nitrogen functional groups attached to an aromatic ring is 1. The molecule has 0 spiro atoms. The lowest BCUT2D eigenvalue weighted by Crippen LogP contribution is -2.45. The summed E-state index contributed by atoms with van der Waals surface area (Å²) in [5.74, 6) is 0.599. The summed E-state index contributed by atoms with van der Waals surface area (Å²) in [6, 6.07) is 15.1. The molecule has 0 radical (unpaired) electrons. The smallest absolute Gasteiger partial charge is 0.274 e. The largest absolute Gasteiger partial charge is 0.375 e. The predicted molar refractivity (Wildman–Crippen MR) is 139 cm³/mol. The molecule has 178 valence electrons. The van der Waals surface area contributed by atoms with Crippen LogP contribution >= 0.6 is 22.9 Å². The standard InChI is InChI=1S/C26H24ClN5O2S/c1-31-13-19(17-7-2-3-8-20(17)31)24(33)29-11-21-18-10-15(18)12-32(21)25(34)22-23(35-26(28)30-22)14-5-4-6-16(27)9-14/h2-9,13,15,18,21H,10-12H2,1H3,(H2,28,30)(H,29,33)/t15-,18-,21-/m1/s1. The Morgan fingerprint density at radius 3 is 2.89 bits per heavy atom. The summed E-state index contributed by atoms with van der Waals surface area (Å²) in [6.45, 7) is 1.08. The van der Waals surface area contributed by atoms with Crippen molar-refractivity contribution in [2.75, 3.05) is 18.8 Å². The van der Waals surface area contributed by atoms with Crippen LogP contribution < -0.4 is 11.1 Å². The number of nitrogens with one attached hydrogen (secondary N) is 1. The number of nitrogens with zero attached hydrogens (tertiary/aromatic N) is 3. The van der Waals surface area contributed by atoms with E-state index in [0.29, 0.717) is 51.2 Å². The van der Waals surface area contributed by atoms with Gasteiger partial charge in [-0.25, -0.2) is 4.98 Å². The minimum atomic E-state index is -0.149. The van der Waals surface area contributed by atoms with Crippen LogP contribution in [0.1, 0.15) is 27.3 Å². The average Bonchev–Trinajstić information content (AvgIpc) is 3.18. The number of carbonyl (C=O) groups is 2. The number of halogens is 1. The van der Waals surface area contributed by atoms with Gasteiger partial charge in [0.15, 0.2) is 5.13 Å². The number of aryl methyl sites for hydroxylation is 1. The number of hydrogen-bond donors (Lipinski definition) is 2. The first-order valence-electron chi connectivity index (χ1n) is 11.6. The fourth-order valence-corrected chi connectivity index (χ4v) is 6.34. The number of benzene rings is 2. The van der Waals surface area contributed by atoms with Gasteiger partial charge in [0, 0.05) is 42.3 Å². The van der Waals surface area contributed by atoms with E-state index in [2.05, 4.69) is 10.3 Å². The van der Waals surface area contributed by atoms with E-state index in [1.807, 2.05) is 65.2 Å². The molecule has 1 aliphatic heterocycles. The molecule has 3 heterocycles. The summed E-state index contributed by atoms with van der Waals surface area (Å²) >= 11 is 7.47. The quantitative estimate of drug-likeness (QED) is 0.419. The Morgan fingerprint density at radius 2 is 2.06 bits per heavy atom. The number of piperidine rings is 1. The van der Waals surface area contributed by atoms with Gasteiger partial charge in [-0.3, -0.25) is 9.59 Å². The highest BCUT2D eigenvalue weighted by Crippen LogP contribution is 2.50. The van der Waals surface area contributed by atoms with Crippen molar-refractivity contribution in [2.45, 2.75) is 12.5 Å². The number of para-hydroxylation sites is 1. The number of thiazole rings is 1. The van der Waals surface area contributed by atoms with Crippen LogP contribution in [0.2, 0.25) is 5.02 Å². The lowest BCUT2D eigenvalue weighted by atomic mass is 10.1. The first-order valence-corrected chi connectivity index (χ1v) is 12.8. The summed E-state index contributed by atoms with van der Waals surface area (Å²) in [7, 11) is 1.93. The topological polar surface area (TPSA) is 93.2 Å². The van der Waals surface area contributed by atoms with Gasteiger partial charge in [0.2, 0.25) is 0 Å². The Kier molecular flexibility index (Phi) is 5.30. The third kappa shape index (κ3) is 3.86. The van der Waals surface area contributed by atoms with E-state index < -0.39 is 0 Å².